The number of aryl methyl sites for hydroxylation is 2. The summed E-state index contributed by atoms with van der Waals surface area (Å²) in [5, 5.41) is 0. The van der Waals surface area contributed by atoms with Crippen LogP contribution in [0.5, 0.6) is 5.75 Å². The Kier molecular flexibility index (Phi) is 5.93. The van der Waals surface area contributed by atoms with Crippen LogP contribution >= 0.6 is 0 Å². The van der Waals surface area contributed by atoms with Gasteiger partial charge in [-0.15, -0.1) is 0 Å². The van der Waals surface area contributed by atoms with Crippen molar-refractivity contribution in [1.82, 2.24) is 0 Å². The quantitative estimate of drug-likeness (QED) is 0.462. The van der Waals surface area contributed by atoms with Crippen molar-refractivity contribution < 1.29 is 14.3 Å². The summed E-state index contributed by atoms with van der Waals surface area (Å²) in [4.78, 5) is 31.2. The molecule has 2 heterocycles. The number of carbonyl (C=O) groups excluding carboxylic acids is 2. The van der Waals surface area contributed by atoms with E-state index in [4.69, 9.17) is 4.74 Å². The van der Waals surface area contributed by atoms with Crippen LogP contribution in [-0.2, 0) is 16.0 Å². The summed E-state index contributed by atoms with van der Waals surface area (Å²) < 4.78 is 5.77. The van der Waals surface area contributed by atoms with E-state index in [2.05, 4.69) is 6.07 Å². The fourth-order valence-corrected chi connectivity index (χ4v) is 4.68. The maximum Gasteiger partial charge on any atom is 0.282 e. The van der Waals surface area contributed by atoms with Gasteiger partial charge in [0.1, 0.15) is 11.4 Å². The predicted molar refractivity (Wildman–Crippen MR) is 135 cm³/mol. The van der Waals surface area contributed by atoms with Crippen LogP contribution in [0.3, 0.4) is 0 Å². The maximum atomic E-state index is 14.0. The number of ether oxygens (including phenoxy) is 1. The largest absolute Gasteiger partial charge is 0.494 e. The lowest BCUT2D eigenvalue weighted by molar-refractivity contribution is -0.120. The highest BCUT2D eigenvalue weighted by Gasteiger charge is 2.43. The van der Waals surface area contributed by atoms with Gasteiger partial charge in [-0.25, -0.2) is 4.90 Å². The van der Waals surface area contributed by atoms with Gasteiger partial charge in [-0.1, -0.05) is 61.0 Å². The molecule has 34 heavy (non-hydrogen) atoms. The molecule has 0 saturated heterocycles. The number of rotatable bonds is 6. The Morgan fingerprint density at radius 2 is 1.71 bits per heavy atom. The van der Waals surface area contributed by atoms with Gasteiger partial charge in [-0.3, -0.25) is 9.59 Å². The molecule has 5 rings (SSSR count). The zero-order valence-electron chi connectivity index (χ0n) is 19.6. The minimum atomic E-state index is -0.306. The molecule has 0 spiro atoms. The Hall–Kier alpha value is -3.86. The molecule has 0 aromatic heterocycles. The van der Waals surface area contributed by atoms with Crippen molar-refractivity contribution in [3.8, 4) is 5.75 Å². The summed E-state index contributed by atoms with van der Waals surface area (Å²) >= 11 is 0. The highest BCUT2D eigenvalue weighted by Crippen LogP contribution is 2.40. The van der Waals surface area contributed by atoms with E-state index in [0.717, 1.165) is 36.1 Å². The second-order valence-corrected chi connectivity index (χ2v) is 8.77. The lowest BCUT2D eigenvalue weighted by Crippen LogP contribution is -2.37. The molecule has 0 fully saturated rings. The summed E-state index contributed by atoms with van der Waals surface area (Å²) in [7, 11) is 0. The smallest absolute Gasteiger partial charge is 0.282 e. The second kappa shape index (κ2) is 9.18. The van der Waals surface area contributed by atoms with Crippen LogP contribution in [-0.4, -0.2) is 25.0 Å². The monoisotopic (exact) mass is 452 g/mol. The first-order valence-corrected chi connectivity index (χ1v) is 11.9. The topological polar surface area (TPSA) is 49.9 Å². The summed E-state index contributed by atoms with van der Waals surface area (Å²) in [5.74, 6) is 0.0399. The van der Waals surface area contributed by atoms with Gasteiger partial charge in [0.05, 0.1) is 17.9 Å². The number of para-hydroxylation sites is 1. The number of benzene rings is 3. The van der Waals surface area contributed by atoms with Crippen LogP contribution in [0.2, 0.25) is 0 Å². The molecule has 0 radical (unpaired) electrons. The van der Waals surface area contributed by atoms with Crippen LogP contribution in [0.15, 0.2) is 78.5 Å². The van der Waals surface area contributed by atoms with E-state index in [9.17, 15) is 9.59 Å². The van der Waals surface area contributed by atoms with Gasteiger partial charge in [0.25, 0.3) is 11.8 Å². The number of hydrogen-bond acceptors (Lipinski definition) is 4. The predicted octanol–water partition coefficient (Wildman–Crippen LogP) is 5.52. The average Bonchev–Trinajstić information content (AvgIpc) is 3.12. The van der Waals surface area contributed by atoms with Gasteiger partial charge >= 0.3 is 0 Å². The van der Waals surface area contributed by atoms with Crippen LogP contribution < -0.4 is 14.5 Å². The third kappa shape index (κ3) is 3.87. The molecule has 172 valence electrons. The van der Waals surface area contributed by atoms with Crippen molar-refractivity contribution in [3.05, 3.63) is 95.2 Å². The minimum Gasteiger partial charge on any atom is -0.494 e. The Morgan fingerprint density at radius 1 is 0.912 bits per heavy atom. The van der Waals surface area contributed by atoms with E-state index >= 15 is 0 Å². The Labute approximate surface area is 200 Å². The summed E-state index contributed by atoms with van der Waals surface area (Å²) in [6, 6.07) is 23.2. The zero-order valence-corrected chi connectivity index (χ0v) is 19.6. The first-order valence-electron chi connectivity index (χ1n) is 11.9. The van der Waals surface area contributed by atoms with Crippen molar-refractivity contribution in [1.29, 1.82) is 0 Å². The maximum absolute atomic E-state index is 14.0. The Morgan fingerprint density at radius 3 is 2.50 bits per heavy atom. The van der Waals surface area contributed by atoms with Gasteiger partial charge in [-0.05, 0) is 55.5 Å². The fraction of sp³-hybridized carbons (Fsp3) is 0.241. The minimum absolute atomic E-state index is 0.301. The molecular formula is C29H28N2O3. The molecule has 0 aliphatic carbocycles. The van der Waals surface area contributed by atoms with Gasteiger partial charge in [0.2, 0.25) is 0 Å². The average molecular weight is 453 g/mol. The fourth-order valence-electron chi connectivity index (χ4n) is 4.68. The normalized spacial score (nSPS) is 15.7. The highest BCUT2D eigenvalue weighted by atomic mass is 16.5. The van der Waals surface area contributed by atoms with E-state index in [1.165, 1.54) is 10.5 Å². The SMILES string of the molecule is CCCOc1cccc(N2C(=O)C(c3ccc(C)cc3)=C(N3CCCc4ccccc43)C2=O)c1. The molecular weight excluding hydrogens is 424 g/mol. The van der Waals surface area contributed by atoms with Crippen molar-refractivity contribution >= 4 is 28.8 Å². The van der Waals surface area contributed by atoms with Gasteiger partial charge in [0, 0.05) is 18.3 Å². The van der Waals surface area contributed by atoms with E-state index in [1.807, 2.05) is 73.3 Å². The van der Waals surface area contributed by atoms with E-state index in [0.29, 0.717) is 35.9 Å². The molecule has 2 aliphatic rings. The number of carbonyl (C=O) groups is 2. The standard InChI is InChI=1S/C29H28N2O3/c1-3-18-34-24-11-6-10-23(19-24)31-28(32)26(22-15-13-20(2)14-16-22)27(29(31)33)30-17-7-9-21-8-4-5-12-25(21)30/h4-6,8,10-16,19H,3,7,9,17-18H2,1-2H3. The molecule has 5 nitrogen and oxygen atoms in total. The first kappa shape index (κ1) is 22.0. The van der Waals surface area contributed by atoms with Gasteiger partial charge in [-0.2, -0.15) is 0 Å². The van der Waals surface area contributed by atoms with Gasteiger partial charge in [0.15, 0.2) is 0 Å². The van der Waals surface area contributed by atoms with Crippen LogP contribution in [0.25, 0.3) is 5.57 Å². The molecule has 3 aromatic carbocycles. The second-order valence-electron chi connectivity index (χ2n) is 8.77. The Balaban J connectivity index is 1.63. The number of anilines is 2. The molecule has 2 aliphatic heterocycles. The van der Waals surface area contributed by atoms with E-state index in [-0.39, 0.29) is 11.8 Å². The highest BCUT2D eigenvalue weighted by molar-refractivity contribution is 6.46. The summed E-state index contributed by atoms with van der Waals surface area (Å²) in [6.45, 7) is 5.32. The first-order chi connectivity index (χ1) is 16.6. The number of fused-ring (bicyclic) bond motifs is 1. The number of amides is 2. The van der Waals surface area contributed by atoms with Crippen LogP contribution in [0, 0.1) is 6.92 Å². The van der Waals surface area contributed by atoms with Crippen LogP contribution in [0.4, 0.5) is 11.4 Å². The van der Waals surface area contributed by atoms with Gasteiger partial charge < -0.3 is 9.64 Å². The molecule has 0 unspecified atom stereocenters. The third-order valence-electron chi connectivity index (χ3n) is 6.33. The lowest BCUT2D eigenvalue weighted by atomic mass is 9.98. The molecule has 3 aromatic rings. The third-order valence-corrected chi connectivity index (χ3v) is 6.33. The molecule has 0 atom stereocenters. The Bertz CT molecular complexity index is 1280. The number of imide groups is 1. The van der Waals surface area contributed by atoms with E-state index < -0.39 is 0 Å². The number of hydrogen-bond donors (Lipinski definition) is 0. The van der Waals surface area contributed by atoms with E-state index in [1.54, 1.807) is 12.1 Å². The van der Waals surface area contributed by atoms with Crippen LogP contribution in [0.1, 0.15) is 36.5 Å². The summed E-state index contributed by atoms with van der Waals surface area (Å²) in [5.41, 5.74) is 5.46. The molecule has 0 bridgehead atoms. The van der Waals surface area contributed by atoms with Crippen molar-refractivity contribution in [2.45, 2.75) is 33.1 Å². The van der Waals surface area contributed by atoms with Crippen molar-refractivity contribution in [2.24, 2.45) is 0 Å². The zero-order chi connectivity index (χ0) is 23.7. The summed E-state index contributed by atoms with van der Waals surface area (Å²) in [6.07, 6.45) is 2.76. The molecule has 0 saturated carbocycles. The van der Waals surface area contributed by atoms with Crippen molar-refractivity contribution in [3.63, 3.8) is 0 Å². The lowest BCUT2D eigenvalue weighted by Gasteiger charge is -2.32. The van der Waals surface area contributed by atoms with Crippen molar-refractivity contribution in [2.75, 3.05) is 23.0 Å². The molecule has 2 amide bonds. The molecule has 0 N–H and O–H groups in total. The number of nitrogens with zero attached hydrogens (tertiary/aromatic N) is 2. The molecule has 5 heteroatoms.